The van der Waals surface area contributed by atoms with Crippen LogP contribution in [0, 0.1) is 5.82 Å². The molecule has 0 aromatic carbocycles. The molecule has 7 heteroatoms. The number of hydrogen-bond donors (Lipinski definition) is 2. The number of anilines is 1. The molecule has 1 aliphatic heterocycles. The van der Waals surface area contributed by atoms with Crippen molar-refractivity contribution in [1.82, 2.24) is 15.6 Å². The molecule has 3 rings (SSSR count). The van der Waals surface area contributed by atoms with E-state index >= 15 is 0 Å². The number of halogens is 1. The van der Waals surface area contributed by atoms with Crippen molar-refractivity contribution in [2.75, 3.05) is 38.2 Å². The van der Waals surface area contributed by atoms with E-state index in [1.807, 2.05) is 4.90 Å². The third-order valence-electron chi connectivity index (χ3n) is 5.31. The Morgan fingerprint density at radius 3 is 2.96 bits per heavy atom. The van der Waals surface area contributed by atoms with Crippen molar-refractivity contribution >= 4 is 11.8 Å². The molecule has 1 aromatic rings. The first-order valence-corrected chi connectivity index (χ1v) is 10.2. The second-order valence-electron chi connectivity index (χ2n) is 7.37. The van der Waals surface area contributed by atoms with E-state index in [1.165, 1.54) is 38.2 Å². The second kappa shape index (κ2) is 10.4. The SMILES string of the molecule is CN=C(NCCCOC1CCCCC1)NC1CCN(c2ncccc2F)C1. The van der Waals surface area contributed by atoms with Crippen molar-refractivity contribution in [2.45, 2.75) is 57.1 Å². The normalized spacial score (nSPS) is 21.5. The summed E-state index contributed by atoms with van der Waals surface area (Å²) in [5.41, 5.74) is 0. The van der Waals surface area contributed by atoms with Gasteiger partial charge in [-0.3, -0.25) is 4.99 Å². The zero-order chi connectivity index (χ0) is 18.9. The van der Waals surface area contributed by atoms with E-state index in [0.717, 1.165) is 45.0 Å². The molecule has 0 spiro atoms. The Labute approximate surface area is 161 Å². The molecule has 2 aliphatic rings. The topological polar surface area (TPSA) is 61.8 Å². The maximum Gasteiger partial charge on any atom is 0.191 e. The van der Waals surface area contributed by atoms with Gasteiger partial charge in [0.05, 0.1) is 6.10 Å². The van der Waals surface area contributed by atoms with Crippen LogP contribution in [-0.4, -0.2) is 56.4 Å². The van der Waals surface area contributed by atoms with Crippen molar-refractivity contribution in [3.8, 4) is 0 Å². The Bertz CT molecular complexity index is 606. The zero-order valence-corrected chi connectivity index (χ0v) is 16.3. The Kier molecular flexibility index (Phi) is 7.68. The van der Waals surface area contributed by atoms with Crippen LogP contribution in [-0.2, 0) is 4.74 Å². The number of ether oxygens (including phenoxy) is 1. The van der Waals surface area contributed by atoms with E-state index in [0.29, 0.717) is 11.9 Å². The van der Waals surface area contributed by atoms with Gasteiger partial charge in [0.1, 0.15) is 0 Å². The molecule has 150 valence electrons. The molecule has 0 radical (unpaired) electrons. The van der Waals surface area contributed by atoms with E-state index in [9.17, 15) is 4.39 Å². The smallest absolute Gasteiger partial charge is 0.191 e. The van der Waals surface area contributed by atoms with Crippen LogP contribution < -0.4 is 15.5 Å². The van der Waals surface area contributed by atoms with Crippen LogP contribution in [0.25, 0.3) is 0 Å². The highest BCUT2D eigenvalue weighted by Gasteiger charge is 2.25. The monoisotopic (exact) mass is 377 g/mol. The molecule has 1 atom stereocenters. The summed E-state index contributed by atoms with van der Waals surface area (Å²) >= 11 is 0. The van der Waals surface area contributed by atoms with Crippen molar-refractivity contribution in [1.29, 1.82) is 0 Å². The first-order valence-electron chi connectivity index (χ1n) is 10.2. The lowest BCUT2D eigenvalue weighted by Crippen LogP contribution is -2.45. The first-order chi connectivity index (χ1) is 13.3. The van der Waals surface area contributed by atoms with E-state index in [4.69, 9.17) is 4.74 Å². The number of pyridine rings is 1. The molecule has 2 fully saturated rings. The number of aromatic nitrogens is 1. The average Bonchev–Trinajstić information content (AvgIpc) is 3.16. The zero-order valence-electron chi connectivity index (χ0n) is 16.3. The Hall–Kier alpha value is -1.89. The minimum Gasteiger partial charge on any atom is -0.378 e. The molecule has 1 saturated heterocycles. The summed E-state index contributed by atoms with van der Waals surface area (Å²) in [5, 5.41) is 6.78. The van der Waals surface area contributed by atoms with Gasteiger partial charge in [-0.2, -0.15) is 0 Å². The van der Waals surface area contributed by atoms with E-state index in [1.54, 1.807) is 19.3 Å². The lowest BCUT2D eigenvalue weighted by molar-refractivity contribution is 0.0277. The van der Waals surface area contributed by atoms with Crippen LogP contribution in [0.1, 0.15) is 44.9 Å². The molecule has 6 nitrogen and oxygen atoms in total. The van der Waals surface area contributed by atoms with Crippen LogP contribution >= 0.6 is 0 Å². The summed E-state index contributed by atoms with van der Waals surface area (Å²) in [7, 11) is 1.78. The van der Waals surface area contributed by atoms with Gasteiger partial charge in [-0.1, -0.05) is 19.3 Å². The maximum atomic E-state index is 13.9. The number of nitrogens with one attached hydrogen (secondary N) is 2. The van der Waals surface area contributed by atoms with Crippen LogP contribution in [0.3, 0.4) is 0 Å². The van der Waals surface area contributed by atoms with Gasteiger partial charge in [-0.05, 0) is 37.8 Å². The van der Waals surface area contributed by atoms with E-state index in [2.05, 4.69) is 20.6 Å². The maximum absolute atomic E-state index is 13.9. The van der Waals surface area contributed by atoms with Gasteiger partial charge in [0.25, 0.3) is 0 Å². The van der Waals surface area contributed by atoms with Gasteiger partial charge < -0.3 is 20.3 Å². The predicted octanol–water partition coefficient (Wildman–Crippen LogP) is 2.70. The molecule has 0 amide bonds. The van der Waals surface area contributed by atoms with Crippen molar-refractivity contribution in [3.63, 3.8) is 0 Å². The van der Waals surface area contributed by atoms with E-state index < -0.39 is 0 Å². The number of aliphatic imine (C=N–C) groups is 1. The summed E-state index contributed by atoms with van der Waals surface area (Å²) in [6.07, 6.45) is 10.4. The summed E-state index contributed by atoms with van der Waals surface area (Å²) < 4.78 is 19.9. The largest absolute Gasteiger partial charge is 0.378 e. The Balaban J connectivity index is 1.34. The quantitative estimate of drug-likeness (QED) is 0.435. The third-order valence-corrected chi connectivity index (χ3v) is 5.31. The predicted molar refractivity (Wildman–Crippen MR) is 107 cm³/mol. The lowest BCUT2D eigenvalue weighted by atomic mass is 9.98. The molecule has 0 bridgehead atoms. The summed E-state index contributed by atoms with van der Waals surface area (Å²) in [6, 6.07) is 3.31. The highest BCUT2D eigenvalue weighted by Crippen LogP contribution is 2.21. The number of hydrogen-bond acceptors (Lipinski definition) is 4. The van der Waals surface area contributed by atoms with Crippen LogP contribution in [0.2, 0.25) is 0 Å². The number of rotatable bonds is 7. The fraction of sp³-hybridized carbons (Fsp3) is 0.700. The fourth-order valence-electron chi connectivity index (χ4n) is 3.83. The summed E-state index contributed by atoms with van der Waals surface area (Å²) in [5.74, 6) is 0.962. The molecule has 1 saturated carbocycles. The number of guanidine groups is 1. The van der Waals surface area contributed by atoms with Crippen LogP contribution in [0.4, 0.5) is 10.2 Å². The van der Waals surface area contributed by atoms with Gasteiger partial charge in [-0.25, -0.2) is 9.37 Å². The van der Waals surface area contributed by atoms with Gasteiger partial charge in [0.15, 0.2) is 17.6 Å². The molecule has 1 aliphatic carbocycles. The molecule has 2 N–H and O–H groups in total. The molecule has 27 heavy (non-hydrogen) atoms. The summed E-state index contributed by atoms with van der Waals surface area (Å²) in [4.78, 5) is 10.5. The van der Waals surface area contributed by atoms with Gasteiger partial charge in [-0.15, -0.1) is 0 Å². The van der Waals surface area contributed by atoms with Crippen molar-refractivity contribution in [3.05, 3.63) is 24.1 Å². The van der Waals surface area contributed by atoms with E-state index in [-0.39, 0.29) is 11.9 Å². The van der Waals surface area contributed by atoms with Gasteiger partial charge in [0, 0.05) is 45.5 Å². The standard InChI is InChI=1S/C20H32FN5O/c1-22-20(24-12-6-14-27-17-7-3-2-4-8-17)25-16-10-13-26(15-16)19-18(21)9-5-11-23-19/h5,9,11,16-17H,2-4,6-8,10,12-15H2,1H3,(H2,22,24,25). The second-order valence-corrected chi connectivity index (χ2v) is 7.37. The average molecular weight is 378 g/mol. The highest BCUT2D eigenvalue weighted by atomic mass is 19.1. The molecular weight excluding hydrogens is 345 g/mol. The van der Waals surface area contributed by atoms with Gasteiger partial charge in [0.2, 0.25) is 0 Å². The van der Waals surface area contributed by atoms with Crippen molar-refractivity contribution < 1.29 is 9.13 Å². The minimum atomic E-state index is -0.265. The highest BCUT2D eigenvalue weighted by molar-refractivity contribution is 5.80. The molecule has 1 aromatic heterocycles. The first kappa shape index (κ1) is 19.9. The van der Waals surface area contributed by atoms with Crippen LogP contribution in [0.5, 0.6) is 0 Å². The fourth-order valence-corrected chi connectivity index (χ4v) is 3.83. The minimum absolute atomic E-state index is 0.232. The Morgan fingerprint density at radius 2 is 2.19 bits per heavy atom. The lowest BCUT2D eigenvalue weighted by Gasteiger charge is -2.22. The molecular formula is C20H32FN5O. The third kappa shape index (κ3) is 6.06. The van der Waals surface area contributed by atoms with Gasteiger partial charge >= 0.3 is 0 Å². The molecule has 2 heterocycles. The Morgan fingerprint density at radius 1 is 1.33 bits per heavy atom. The van der Waals surface area contributed by atoms with Crippen molar-refractivity contribution in [2.24, 2.45) is 4.99 Å². The number of nitrogens with zero attached hydrogens (tertiary/aromatic N) is 3. The van der Waals surface area contributed by atoms with Crippen LogP contribution in [0.15, 0.2) is 23.3 Å². The summed E-state index contributed by atoms with van der Waals surface area (Å²) in [6.45, 7) is 3.14. The molecule has 1 unspecified atom stereocenters.